The lowest BCUT2D eigenvalue weighted by Gasteiger charge is -2.13. The maximum atomic E-state index is 12.6. The quantitative estimate of drug-likeness (QED) is 0.743. The van der Waals surface area contributed by atoms with Gasteiger partial charge in [-0.3, -0.25) is 0 Å². The molecule has 2 nitrogen and oxygen atoms in total. The van der Waals surface area contributed by atoms with Crippen LogP contribution in [0.2, 0.25) is 5.02 Å². The van der Waals surface area contributed by atoms with Gasteiger partial charge in [-0.05, 0) is 19.1 Å². The van der Waals surface area contributed by atoms with Gasteiger partial charge in [0, 0.05) is 0 Å². The smallest absolute Gasteiger partial charge is 0.316 e. The summed E-state index contributed by atoms with van der Waals surface area (Å²) in [6.45, 7) is 0.420. The first-order chi connectivity index (χ1) is 8.29. The molecule has 1 aromatic heterocycles. The van der Waals surface area contributed by atoms with E-state index in [0.29, 0.717) is 5.52 Å². The number of nitrogens with zero attached hydrogens (tertiary/aromatic N) is 2. The van der Waals surface area contributed by atoms with Crippen LogP contribution in [-0.2, 0) is 6.54 Å². The monoisotopic (exact) mass is 296 g/mol. The van der Waals surface area contributed by atoms with Crippen molar-refractivity contribution in [2.75, 3.05) is 0 Å². The van der Waals surface area contributed by atoms with Crippen molar-refractivity contribution in [3.63, 3.8) is 0 Å². The molecule has 0 N–H and O–H groups in total. The van der Waals surface area contributed by atoms with Gasteiger partial charge in [0.2, 0.25) is 0 Å². The van der Waals surface area contributed by atoms with E-state index >= 15 is 0 Å². The SMILES string of the molecule is CC(Cl)c1nc2cccc(Cl)c2n1CC(F)(F)F. The van der Waals surface area contributed by atoms with Crippen LogP contribution in [0.4, 0.5) is 13.2 Å². The van der Waals surface area contributed by atoms with E-state index in [9.17, 15) is 13.2 Å². The summed E-state index contributed by atoms with van der Waals surface area (Å²) in [6.07, 6.45) is -4.35. The Balaban J connectivity index is 2.69. The normalized spacial score (nSPS) is 14.1. The Hall–Kier alpha value is -0.940. The van der Waals surface area contributed by atoms with E-state index in [1.807, 2.05) is 0 Å². The van der Waals surface area contributed by atoms with Crippen LogP contribution in [0.3, 0.4) is 0 Å². The van der Waals surface area contributed by atoms with Gasteiger partial charge in [0.15, 0.2) is 0 Å². The van der Waals surface area contributed by atoms with Crippen molar-refractivity contribution in [2.45, 2.75) is 25.0 Å². The fourth-order valence-electron chi connectivity index (χ4n) is 1.80. The van der Waals surface area contributed by atoms with Crippen LogP contribution in [-0.4, -0.2) is 15.7 Å². The second-order valence-corrected chi connectivity index (χ2v) is 4.96. The van der Waals surface area contributed by atoms with E-state index in [4.69, 9.17) is 23.2 Å². The van der Waals surface area contributed by atoms with Gasteiger partial charge in [-0.15, -0.1) is 11.6 Å². The Kier molecular flexibility index (Phi) is 3.47. The predicted octanol–water partition coefficient (Wildman–Crippen LogP) is 4.55. The van der Waals surface area contributed by atoms with E-state index in [-0.39, 0.29) is 16.4 Å². The second kappa shape index (κ2) is 4.63. The first kappa shape index (κ1) is 13.5. The van der Waals surface area contributed by atoms with Crippen molar-refractivity contribution < 1.29 is 13.2 Å². The topological polar surface area (TPSA) is 17.8 Å². The molecule has 1 aromatic carbocycles. The zero-order chi connectivity index (χ0) is 13.5. The maximum absolute atomic E-state index is 12.6. The number of aromatic nitrogens is 2. The Morgan fingerprint density at radius 2 is 2.06 bits per heavy atom. The number of hydrogen-bond acceptors (Lipinski definition) is 1. The molecule has 0 radical (unpaired) electrons. The summed E-state index contributed by atoms with van der Waals surface area (Å²) in [7, 11) is 0. The number of rotatable bonds is 2. The van der Waals surface area contributed by atoms with Gasteiger partial charge in [0.25, 0.3) is 0 Å². The standard InChI is InChI=1S/C11H9Cl2F3N2/c1-6(12)10-17-8-4-2-3-7(13)9(8)18(10)5-11(14,15)16/h2-4,6H,5H2,1H3. The molecule has 18 heavy (non-hydrogen) atoms. The van der Waals surface area contributed by atoms with Crippen LogP contribution in [0.1, 0.15) is 18.1 Å². The van der Waals surface area contributed by atoms with Gasteiger partial charge in [0.05, 0.1) is 21.4 Å². The molecule has 0 aliphatic heterocycles. The van der Waals surface area contributed by atoms with Gasteiger partial charge in [-0.1, -0.05) is 17.7 Å². The van der Waals surface area contributed by atoms with Crippen LogP contribution in [0, 0.1) is 0 Å². The van der Waals surface area contributed by atoms with E-state index in [2.05, 4.69) is 4.98 Å². The van der Waals surface area contributed by atoms with E-state index in [1.165, 1.54) is 6.07 Å². The van der Waals surface area contributed by atoms with E-state index in [1.54, 1.807) is 19.1 Å². The summed E-state index contributed by atoms with van der Waals surface area (Å²) in [5, 5.41) is -0.399. The van der Waals surface area contributed by atoms with Crippen LogP contribution in [0.5, 0.6) is 0 Å². The van der Waals surface area contributed by atoms with Crippen molar-refractivity contribution in [3.05, 3.63) is 29.0 Å². The number of halogens is 5. The molecule has 2 aromatic rings. The minimum absolute atomic E-state index is 0.164. The number of fused-ring (bicyclic) bond motifs is 1. The molecule has 0 amide bonds. The minimum Gasteiger partial charge on any atom is -0.316 e. The summed E-state index contributed by atoms with van der Waals surface area (Å²) < 4.78 is 38.8. The van der Waals surface area contributed by atoms with Crippen LogP contribution in [0.15, 0.2) is 18.2 Å². The number of para-hydroxylation sites is 1. The van der Waals surface area contributed by atoms with Crippen molar-refractivity contribution in [1.82, 2.24) is 9.55 Å². The van der Waals surface area contributed by atoms with Gasteiger partial charge in [-0.2, -0.15) is 13.2 Å². The third kappa shape index (κ3) is 2.57. The van der Waals surface area contributed by atoms with Gasteiger partial charge >= 0.3 is 6.18 Å². The van der Waals surface area contributed by atoms with E-state index < -0.39 is 18.1 Å². The van der Waals surface area contributed by atoms with Crippen LogP contribution in [0.25, 0.3) is 11.0 Å². The van der Waals surface area contributed by atoms with Crippen molar-refractivity contribution in [1.29, 1.82) is 0 Å². The Bertz CT molecular complexity index is 575. The average Bonchev–Trinajstić information content (AvgIpc) is 2.56. The zero-order valence-electron chi connectivity index (χ0n) is 9.30. The molecule has 2 rings (SSSR count). The van der Waals surface area contributed by atoms with Gasteiger partial charge < -0.3 is 4.57 Å². The maximum Gasteiger partial charge on any atom is 0.406 e. The molecule has 1 atom stereocenters. The molecular weight excluding hydrogens is 288 g/mol. The Morgan fingerprint density at radius 3 is 2.61 bits per heavy atom. The summed E-state index contributed by atoms with van der Waals surface area (Å²) in [6, 6.07) is 4.77. The summed E-state index contributed by atoms with van der Waals surface area (Å²) >= 11 is 11.8. The lowest BCUT2D eigenvalue weighted by atomic mass is 10.3. The highest BCUT2D eigenvalue weighted by Gasteiger charge is 2.31. The third-order valence-electron chi connectivity index (χ3n) is 2.44. The molecule has 0 spiro atoms. The second-order valence-electron chi connectivity index (χ2n) is 3.89. The van der Waals surface area contributed by atoms with E-state index in [0.717, 1.165) is 4.57 Å². The fraction of sp³-hybridized carbons (Fsp3) is 0.364. The number of imidazole rings is 1. The number of hydrogen-bond donors (Lipinski definition) is 0. The molecule has 98 valence electrons. The lowest BCUT2D eigenvalue weighted by molar-refractivity contribution is -0.140. The average molecular weight is 297 g/mol. The molecule has 0 bridgehead atoms. The van der Waals surface area contributed by atoms with Crippen molar-refractivity contribution >= 4 is 34.2 Å². The number of benzene rings is 1. The molecule has 0 aliphatic rings. The Labute approximate surface area is 111 Å². The molecule has 0 aliphatic carbocycles. The molecular formula is C11H9Cl2F3N2. The summed E-state index contributed by atoms with van der Waals surface area (Å²) in [5.41, 5.74) is 0.674. The molecule has 0 saturated carbocycles. The highest BCUT2D eigenvalue weighted by molar-refractivity contribution is 6.35. The van der Waals surface area contributed by atoms with Crippen LogP contribution < -0.4 is 0 Å². The van der Waals surface area contributed by atoms with Crippen LogP contribution >= 0.6 is 23.2 Å². The highest BCUT2D eigenvalue weighted by Crippen LogP contribution is 2.31. The first-order valence-corrected chi connectivity index (χ1v) is 5.96. The summed E-state index contributed by atoms with van der Waals surface area (Å²) in [4.78, 5) is 4.10. The lowest BCUT2D eigenvalue weighted by Crippen LogP contribution is -2.19. The molecule has 1 heterocycles. The zero-order valence-corrected chi connectivity index (χ0v) is 10.8. The van der Waals surface area contributed by atoms with Crippen molar-refractivity contribution in [2.24, 2.45) is 0 Å². The first-order valence-electron chi connectivity index (χ1n) is 5.15. The minimum atomic E-state index is -4.35. The molecule has 0 fully saturated rings. The van der Waals surface area contributed by atoms with Gasteiger partial charge in [0.1, 0.15) is 12.4 Å². The number of alkyl halides is 4. The van der Waals surface area contributed by atoms with Gasteiger partial charge in [-0.25, -0.2) is 4.98 Å². The fourth-order valence-corrected chi connectivity index (χ4v) is 2.24. The third-order valence-corrected chi connectivity index (χ3v) is 2.94. The largest absolute Gasteiger partial charge is 0.406 e. The predicted molar refractivity (Wildman–Crippen MR) is 65.1 cm³/mol. The summed E-state index contributed by atoms with van der Waals surface area (Å²) in [5.74, 6) is 0.164. The molecule has 0 saturated heterocycles. The highest BCUT2D eigenvalue weighted by atomic mass is 35.5. The van der Waals surface area contributed by atoms with Crippen molar-refractivity contribution in [3.8, 4) is 0 Å². The Morgan fingerprint density at radius 1 is 1.39 bits per heavy atom. The molecule has 1 unspecified atom stereocenters. The molecule has 7 heteroatoms.